The van der Waals surface area contributed by atoms with Crippen molar-refractivity contribution < 1.29 is 37.0 Å². The number of hydrogen-bond donors (Lipinski definition) is 2. The summed E-state index contributed by atoms with van der Waals surface area (Å²) in [5.74, 6) is 0.617. The Morgan fingerprint density at radius 2 is 1.78 bits per heavy atom. The van der Waals surface area contributed by atoms with Gasteiger partial charge in [0.25, 0.3) is 0 Å². The van der Waals surface area contributed by atoms with Crippen molar-refractivity contribution in [3.63, 3.8) is 0 Å². The molecule has 0 saturated carbocycles. The number of phenols is 1. The summed E-state index contributed by atoms with van der Waals surface area (Å²) in [4.78, 5) is 12.7. The topological polar surface area (TPSA) is 80.9 Å². The molecule has 0 unspecified atom stereocenters. The molecule has 37 heavy (non-hydrogen) atoms. The number of halogens is 3. The molecule has 1 aromatic heterocycles. The highest BCUT2D eigenvalue weighted by Gasteiger charge is 2.33. The van der Waals surface area contributed by atoms with Gasteiger partial charge in [-0.15, -0.1) is 0 Å². The number of benzene rings is 2. The highest BCUT2D eigenvalue weighted by Crippen LogP contribution is 2.45. The third kappa shape index (κ3) is 5.50. The quantitative estimate of drug-likeness (QED) is 0.378. The third-order valence-corrected chi connectivity index (χ3v) is 6.28. The van der Waals surface area contributed by atoms with Crippen molar-refractivity contribution in [2.24, 2.45) is 0 Å². The molecule has 194 valence electrons. The number of alkyl halides is 3. The molecule has 1 amide bonds. The van der Waals surface area contributed by atoms with Crippen LogP contribution in [-0.4, -0.2) is 25.2 Å². The Morgan fingerprint density at radius 1 is 1.08 bits per heavy atom. The molecule has 6 nitrogen and oxygen atoms in total. The van der Waals surface area contributed by atoms with Gasteiger partial charge in [0.15, 0.2) is 11.5 Å². The molecule has 0 radical (unpaired) electrons. The Bertz CT molecular complexity index is 1350. The molecule has 0 fully saturated rings. The zero-order valence-electron chi connectivity index (χ0n) is 20.5. The molecule has 9 heteroatoms. The SMILES string of the molecule is COc1cc(C/C=C2/C(C)=C(CC(=O)NCc3ccco3)c3cc(C(F)(F)F)ccc32)cc(OC)c1O. The second-order valence-electron chi connectivity index (χ2n) is 8.57. The summed E-state index contributed by atoms with van der Waals surface area (Å²) >= 11 is 0. The third-order valence-electron chi connectivity index (χ3n) is 6.28. The van der Waals surface area contributed by atoms with Gasteiger partial charge in [-0.25, -0.2) is 0 Å². The minimum Gasteiger partial charge on any atom is -0.502 e. The Labute approximate surface area is 212 Å². The van der Waals surface area contributed by atoms with Gasteiger partial charge in [-0.3, -0.25) is 4.79 Å². The normalized spacial score (nSPS) is 14.2. The molecule has 4 rings (SSSR count). The molecule has 1 heterocycles. The standard InChI is InChI=1S/C28H26F3NO5/c1-16-20(8-6-17-11-24(35-2)27(34)25(12-17)36-3)21-9-7-18(28(29,30)31)13-23(21)22(16)14-26(33)32-15-19-5-4-10-37-19/h4-5,7-13,34H,6,14-15H2,1-3H3,(H,32,33)/b20-8-. The summed E-state index contributed by atoms with van der Waals surface area (Å²) in [6, 6.07) is 10.3. The molecule has 2 N–H and O–H groups in total. The average Bonchev–Trinajstić information content (AvgIpc) is 3.48. The van der Waals surface area contributed by atoms with E-state index in [1.54, 1.807) is 31.2 Å². The van der Waals surface area contributed by atoms with Crippen LogP contribution in [0.15, 0.2) is 64.8 Å². The van der Waals surface area contributed by atoms with Crippen molar-refractivity contribution >= 4 is 17.1 Å². The maximum atomic E-state index is 13.5. The number of nitrogens with one attached hydrogen (secondary N) is 1. The number of aromatic hydroxyl groups is 1. The molecule has 0 atom stereocenters. The average molecular weight is 514 g/mol. The van der Waals surface area contributed by atoms with Gasteiger partial charge in [-0.05, 0) is 83.2 Å². The van der Waals surface area contributed by atoms with Crippen molar-refractivity contribution in [3.8, 4) is 17.2 Å². The van der Waals surface area contributed by atoms with Gasteiger partial charge in [-0.2, -0.15) is 13.2 Å². The zero-order chi connectivity index (χ0) is 26.7. The van der Waals surface area contributed by atoms with Crippen molar-refractivity contribution in [1.82, 2.24) is 5.32 Å². The van der Waals surface area contributed by atoms with E-state index in [0.29, 0.717) is 28.9 Å². The van der Waals surface area contributed by atoms with Crippen LogP contribution in [0, 0.1) is 0 Å². The second kappa shape index (κ2) is 10.5. The van der Waals surface area contributed by atoms with Crippen molar-refractivity contribution in [2.45, 2.75) is 32.5 Å². The van der Waals surface area contributed by atoms with Gasteiger partial charge in [0.05, 0.1) is 39.0 Å². The Balaban J connectivity index is 1.68. The summed E-state index contributed by atoms with van der Waals surface area (Å²) in [6.45, 7) is 1.98. The van der Waals surface area contributed by atoms with Gasteiger partial charge in [-0.1, -0.05) is 12.1 Å². The van der Waals surface area contributed by atoms with Crippen LogP contribution in [0.2, 0.25) is 0 Å². The molecule has 0 aliphatic heterocycles. The maximum Gasteiger partial charge on any atom is 0.416 e. The van der Waals surface area contributed by atoms with Crippen LogP contribution in [-0.2, 0) is 23.9 Å². The lowest BCUT2D eigenvalue weighted by molar-refractivity contribution is -0.137. The van der Waals surface area contributed by atoms with Crippen LogP contribution in [0.4, 0.5) is 13.2 Å². The number of furan rings is 1. The number of allylic oxidation sites excluding steroid dienone is 3. The molecule has 3 aromatic rings. The smallest absolute Gasteiger partial charge is 0.416 e. The van der Waals surface area contributed by atoms with Crippen molar-refractivity contribution in [3.05, 3.63) is 88.4 Å². The maximum absolute atomic E-state index is 13.5. The number of ether oxygens (including phenoxy) is 2. The first-order chi connectivity index (χ1) is 17.6. The number of amides is 1. The molecule has 2 aromatic carbocycles. The van der Waals surface area contributed by atoms with Crippen molar-refractivity contribution in [2.75, 3.05) is 14.2 Å². The number of carbonyl (C=O) groups is 1. The van der Waals surface area contributed by atoms with E-state index in [2.05, 4.69) is 5.32 Å². The summed E-state index contributed by atoms with van der Waals surface area (Å²) < 4.78 is 56.1. The van der Waals surface area contributed by atoms with E-state index in [-0.39, 0.29) is 36.1 Å². The lowest BCUT2D eigenvalue weighted by Gasteiger charge is -2.12. The highest BCUT2D eigenvalue weighted by atomic mass is 19.4. The largest absolute Gasteiger partial charge is 0.502 e. The fourth-order valence-electron chi connectivity index (χ4n) is 4.37. The Morgan fingerprint density at radius 3 is 2.38 bits per heavy atom. The van der Waals surface area contributed by atoms with Crippen LogP contribution in [0.25, 0.3) is 11.1 Å². The number of carbonyl (C=O) groups excluding carboxylic acids is 1. The zero-order valence-corrected chi connectivity index (χ0v) is 20.5. The predicted molar refractivity (Wildman–Crippen MR) is 132 cm³/mol. The monoisotopic (exact) mass is 513 g/mol. The van der Waals surface area contributed by atoms with Gasteiger partial charge >= 0.3 is 6.18 Å². The lowest BCUT2D eigenvalue weighted by atomic mass is 9.98. The minimum atomic E-state index is -4.51. The number of fused-ring (bicyclic) bond motifs is 1. The molecule has 0 saturated heterocycles. The first-order valence-electron chi connectivity index (χ1n) is 11.5. The lowest BCUT2D eigenvalue weighted by Crippen LogP contribution is -2.22. The number of methoxy groups -OCH3 is 2. The Kier molecular flexibility index (Phi) is 7.33. The van der Waals surface area contributed by atoms with Crippen LogP contribution in [0.1, 0.15) is 41.4 Å². The first kappa shape index (κ1) is 25.9. The van der Waals surface area contributed by atoms with E-state index in [4.69, 9.17) is 13.9 Å². The molecule has 0 spiro atoms. The van der Waals surface area contributed by atoms with Gasteiger partial charge in [0.2, 0.25) is 11.7 Å². The summed E-state index contributed by atoms with van der Waals surface area (Å²) in [5, 5.41) is 12.9. The highest BCUT2D eigenvalue weighted by molar-refractivity contribution is 6.04. The van der Waals surface area contributed by atoms with Crippen LogP contribution >= 0.6 is 0 Å². The molecule has 1 aliphatic rings. The second-order valence-corrected chi connectivity index (χ2v) is 8.57. The van der Waals surface area contributed by atoms with Gasteiger partial charge in [0.1, 0.15) is 5.76 Å². The van der Waals surface area contributed by atoms with Gasteiger partial charge in [0, 0.05) is 0 Å². The summed E-state index contributed by atoms with van der Waals surface area (Å²) in [7, 11) is 2.86. The van der Waals surface area contributed by atoms with Crippen LogP contribution in [0.3, 0.4) is 0 Å². The minimum absolute atomic E-state index is 0.0843. The number of rotatable bonds is 8. The van der Waals surface area contributed by atoms with E-state index in [1.807, 2.05) is 6.08 Å². The Hall–Kier alpha value is -4.14. The molecule has 1 aliphatic carbocycles. The van der Waals surface area contributed by atoms with E-state index in [0.717, 1.165) is 28.8 Å². The number of hydrogen-bond acceptors (Lipinski definition) is 5. The van der Waals surface area contributed by atoms with E-state index >= 15 is 0 Å². The van der Waals surface area contributed by atoms with E-state index in [1.165, 1.54) is 26.5 Å². The van der Waals surface area contributed by atoms with Gasteiger partial charge < -0.3 is 24.3 Å². The molecular formula is C28H26F3NO5. The van der Waals surface area contributed by atoms with Crippen LogP contribution in [0.5, 0.6) is 17.2 Å². The fourth-order valence-corrected chi connectivity index (χ4v) is 4.37. The first-order valence-corrected chi connectivity index (χ1v) is 11.5. The van der Waals surface area contributed by atoms with E-state index < -0.39 is 11.7 Å². The van der Waals surface area contributed by atoms with E-state index in [9.17, 15) is 23.1 Å². The summed E-state index contributed by atoms with van der Waals surface area (Å²) in [6.07, 6.45) is -0.824. The number of phenolic OH excluding ortho intramolecular Hbond substituents is 1. The van der Waals surface area contributed by atoms with Crippen LogP contribution < -0.4 is 14.8 Å². The fraction of sp³-hybridized carbons (Fsp3) is 0.250. The molecule has 0 bridgehead atoms. The summed E-state index contributed by atoms with van der Waals surface area (Å²) in [5.41, 5.74) is 2.99. The molecular weight excluding hydrogens is 487 g/mol. The predicted octanol–water partition coefficient (Wildman–Crippen LogP) is 6.14. The van der Waals surface area contributed by atoms with Crippen molar-refractivity contribution in [1.29, 1.82) is 0 Å².